The number of aliphatic hydroxyl groups excluding tert-OH is 2. The fourth-order valence-corrected chi connectivity index (χ4v) is 23.0. The maximum Gasteiger partial charge on any atom is 0.310 e. The maximum absolute atomic E-state index is 13.3. The summed E-state index contributed by atoms with van der Waals surface area (Å²) in [7, 11) is 0. The first-order chi connectivity index (χ1) is 44.5. The van der Waals surface area contributed by atoms with E-state index in [1.54, 1.807) is 0 Å². The number of Topliss-reactive ketones (excluding diaryl/α,β-unsaturated/α-hetero) is 2. The molecule has 12 nitrogen and oxygen atoms in total. The normalized spacial score (nSPS) is 36.7. The number of nitrogens with zero attached hydrogens (tertiary/aromatic N) is 2. The Hall–Kier alpha value is -4.04. The van der Waals surface area contributed by atoms with E-state index in [0.29, 0.717) is 86.2 Å². The highest BCUT2D eigenvalue weighted by Gasteiger charge is 2.66. The third kappa shape index (κ3) is 12.4. The second kappa shape index (κ2) is 27.3. The summed E-state index contributed by atoms with van der Waals surface area (Å²) in [6, 6.07) is 13.4. The summed E-state index contributed by atoms with van der Waals surface area (Å²) in [4.78, 5) is 53.5. The van der Waals surface area contributed by atoms with Crippen LogP contribution in [0.15, 0.2) is 60.3 Å². The molecular weight excluding hydrogens is 1160 g/mol. The average Bonchev–Trinajstić information content (AvgIpc) is 1.39. The molecule has 12 rings (SSSR count). The van der Waals surface area contributed by atoms with Gasteiger partial charge in [0.1, 0.15) is 18.1 Å². The number of likely N-dealkylation sites (N-methyl/N-ethyl adjacent to an activating group) is 1. The second-order valence-corrected chi connectivity index (χ2v) is 33.7. The van der Waals surface area contributed by atoms with Gasteiger partial charge in [-0.1, -0.05) is 91.5 Å². The first-order valence-corrected chi connectivity index (χ1v) is 37.9. The minimum Gasteiger partial charge on any atom is -0.465 e. The van der Waals surface area contributed by atoms with Crippen molar-refractivity contribution in [2.75, 3.05) is 50.9 Å². The van der Waals surface area contributed by atoms with Crippen LogP contribution in [0.5, 0.6) is 0 Å². The fourth-order valence-electron chi connectivity index (χ4n) is 23.0. The molecule has 4 N–H and O–H groups in total. The molecule has 2 heterocycles. The van der Waals surface area contributed by atoms with Gasteiger partial charge in [0.25, 0.3) is 0 Å². The number of aliphatic hydroxyl groups is 2. The van der Waals surface area contributed by atoms with Crippen molar-refractivity contribution in [3.8, 4) is 0 Å². The largest absolute Gasteiger partial charge is 0.465 e. The second-order valence-electron chi connectivity index (χ2n) is 33.7. The van der Waals surface area contributed by atoms with Crippen molar-refractivity contribution < 1.29 is 43.7 Å². The van der Waals surface area contributed by atoms with Crippen molar-refractivity contribution in [3.63, 3.8) is 0 Å². The quantitative estimate of drug-likeness (QED) is 0.0234. The van der Waals surface area contributed by atoms with Crippen LogP contribution in [-0.4, -0.2) is 107 Å². The Balaban J connectivity index is 0.557. The average molecular weight is 1280 g/mol. The number of unbranched alkanes of at least 4 members (excludes halogenated alkanes) is 6. The third-order valence-corrected chi connectivity index (χ3v) is 28.6. The lowest BCUT2D eigenvalue weighted by Crippen LogP contribution is -2.68. The molecule has 10 aliphatic rings. The molecule has 6 unspecified atom stereocenters. The van der Waals surface area contributed by atoms with Crippen LogP contribution in [0.1, 0.15) is 258 Å². The van der Waals surface area contributed by atoms with Gasteiger partial charge in [-0.25, -0.2) is 9.78 Å². The van der Waals surface area contributed by atoms with Gasteiger partial charge in [0, 0.05) is 77.8 Å². The first-order valence-electron chi connectivity index (χ1n) is 37.9. The number of allylic oxidation sites excluding steroid dienone is 4. The minimum atomic E-state index is -0.268. The van der Waals surface area contributed by atoms with E-state index in [2.05, 4.69) is 144 Å². The summed E-state index contributed by atoms with van der Waals surface area (Å²) in [5.74, 6) is 4.53. The zero-order valence-corrected chi connectivity index (χ0v) is 59.3. The van der Waals surface area contributed by atoms with Crippen LogP contribution in [0.25, 0.3) is 0 Å². The van der Waals surface area contributed by atoms with E-state index in [9.17, 15) is 24.6 Å². The zero-order valence-electron chi connectivity index (χ0n) is 59.3. The molecule has 0 bridgehead atoms. The number of rotatable bonds is 26. The van der Waals surface area contributed by atoms with Crippen molar-refractivity contribution in [2.45, 2.75) is 283 Å². The molecule has 0 aromatic heterocycles. The smallest absolute Gasteiger partial charge is 0.310 e. The molecule has 0 saturated heterocycles. The SMILES string of the molecule is CCN1C(=CC=CC2=[N+](CC)c3ccc(CCOOCCCCCCN[C@]45CCC6C7CC[C@H](O)[C@@]7(C)CCC6[C@@]4(C)CCC(=O)C5)cc3C2(C)C)C(C)(C)c2cc(CC(=O)OCCCCCCN[C@]34CCC5C6CC[C@H](O)[C@@]6(C)CCC5[C@@]3(C)CCC(=O)C4)ccc21. The van der Waals surface area contributed by atoms with E-state index < -0.39 is 0 Å². The lowest BCUT2D eigenvalue weighted by molar-refractivity contribution is -0.433. The lowest BCUT2D eigenvalue weighted by atomic mass is 9.42. The van der Waals surface area contributed by atoms with E-state index in [0.717, 1.165) is 154 Å². The number of ether oxygens (including phenoxy) is 1. The summed E-state index contributed by atoms with van der Waals surface area (Å²) in [6.45, 7) is 28.6. The van der Waals surface area contributed by atoms with E-state index >= 15 is 0 Å². The van der Waals surface area contributed by atoms with Gasteiger partial charge < -0.3 is 30.5 Å². The Bertz CT molecular complexity index is 3160. The van der Waals surface area contributed by atoms with E-state index in [-0.39, 0.29) is 68.2 Å². The van der Waals surface area contributed by atoms with Gasteiger partial charge in [0.15, 0.2) is 5.71 Å². The minimum absolute atomic E-state index is 0.0684. The van der Waals surface area contributed by atoms with Crippen LogP contribution in [0.4, 0.5) is 11.4 Å². The van der Waals surface area contributed by atoms with Gasteiger partial charge in [-0.05, 0) is 255 Å². The number of hydrogen-bond donors (Lipinski definition) is 4. The number of ketones is 2. The van der Waals surface area contributed by atoms with E-state index in [4.69, 9.17) is 14.5 Å². The number of anilines is 1. The fraction of sp³-hybridized carbons (Fsp3) is 0.753. The van der Waals surface area contributed by atoms with Crippen LogP contribution in [-0.2, 0) is 52.6 Å². The molecule has 2 aromatic rings. The molecule has 2 aliphatic heterocycles. The standard InChI is InChI=1S/C81H121N4O8/c1-11-84-67-28-24-55(38-49-93-92-48-20-16-14-18-46-83-81-44-35-60-62-27-31-72(89)77(62,8)40-37-64(60)79(81,10)42-33-58(87)54-81)50-65(67)74(3,4)69(84)22-21-23-70-75(5,6)66-51-56(25-29-68(66)85(70)12-2)52-73(90)91-47-19-15-13-17-45-82-80-43-34-59-61-26-30-71(88)76(61,7)39-36-63(59)78(80,9)41-32-57(86)53-80/h21-25,28-29,50-51,59-64,71-72,82-83,88-89H,11-20,26-27,30-49,52-54H2,1-10H3/q+1/t59?,60?,61?,62?,63?,64?,71-,72-,76-,77-,78+,79+,80-,81-/m0/s1. The first kappa shape index (κ1) is 68.9. The number of esters is 1. The number of carbonyl (C=O) groups excluding carboxylic acids is 3. The third-order valence-electron chi connectivity index (χ3n) is 28.6. The molecule has 2 aromatic carbocycles. The van der Waals surface area contributed by atoms with Gasteiger partial charge >= 0.3 is 5.97 Å². The van der Waals surface area contributed by atoms with Crippen molar-refractivity contribution in [1.82, 2.24) is 10.6 Å². The maximum atomic E-state index is 13.3. The summed E-state index contributed by atoms with van der Waals surface area (Å²) in [5.41, 5.74) is 9.51. The molecule has 0 amide bonds. The predicted octanol–water partition coefficient (Wildman–Crippen LogP) is 15.4. The highest BCUT2D eigenvalue weighted by Crippen LogP contribution is 2.69. The number of benzene rings is 2. The van der Waals surface area contributed by atoms with Crippen LogP contribution in [0, 0.1) is 57.2 Å². The molecule has 12 heteroatoms. The van der Waals surface area contributed by atoms with Gasteiger partial charge in [-0.2, -0.15) is 4.58 Å². The van der Waals surface area contributed by atoms with Crippen LogP contribution in [0.2, 0.25) is 0 Å². The number of fused-ring (bicyclic) bond motifs is 12. The zero-order chi connectivity index (χ0) is 65.8. The van der Waals surface area contributed by atoms with E-state index in [1.165, 1.54) is 71.6 Å². The lowest BCUT2D eigenvalue weighted by Gasteiger charge is -2.65. The van der Waals surface area contributed by atoms with Gasteiger partial charge in [-0.3, -0.25) is 14.4 Å². The number of hydrogen-bond acceptors (Lipinski definition) is 11. The van der Waals surface area contributed by atoms with E-state index in [1.807, 2.05) is 0 Å². The molecule has 8 fully saturated rings. The summed E-state index contributed by atoms with van der Waals surface area (Å²) in [5, 5.41) is 30.1. The Labute approximate surface area is 560 Å². The van der Waals surface area contributed by atoms with Gasteiger partial charge in [0.05, 0.1) is 43.9 Å². The van der Waals surface area contributed by atoms with Crippen molar-refractivity contribution >= 4 is 34.6 Å². The highest BCUT2D eigenvalue weighted by atomic mass is 17.2. The molecular formula is C81H121N4O8+. The van der Waals surface area contributed by atoms with Crippen LogP contribution in [0.3, 0.4) is 0 Å². The number of carbonyl (C=O) groups is 3. The number of nitrogens with one attached hydrogen (secondary N) is 2. The Morgan fingerprint density at radius 2 is 1.15 bits per heavy atom. The highest BCUT2D eigenvalue weighted by molar-refractivity contribution is 6.03. The topological polar surface area (TPSA) is 150 Å². The molecule has 8 aliphatic carbocycles. The molecule has 8 saturated carbocycles. The van der Waals surface area contributed by atoms with Crippen molar-refractivity contribution in [2.24, 2.45) is 57.2 Å². The molecule has 93 heavy (non-hydrogen) atoms. The molecule has 0 spiro atoms. The predicted molar refractivity (Wildman–Crippen MR) is 372 cm³/mol. The molecule has 512 valence electrons. The van der Waals surface area contributed by atoms with Crippen LogP contribution < -0.4 is 15.5 Å². The van der Waals surface area contributed by atoms with Crippen LogP contribution >= 0.6 is 0 Å². The van der Waals surface area contributed by atoms with Gasteiger partial charge in [-0.15, -0.1) is 0 Å². The monoisotopic (exact) mass is 1280 g/mol. The Morgan fingerprint density at radius 3 is 1.73 bits per heavy atom. The molecule has 0 radical (unpaired) electrons. The Morgan fingerprint density at radius 1 is 0.602 bits per heavy atom. The molecule has 14 atom stereocenters. The summed E-state index contributed by atoms with van der Waals surface area (Å²) in [6.07, 6.45) is 34.0. The van der Waals surface area contributed by atoms with Gasteiger partial charge in [0.2, 0.25) is 5.69 Å². The summed E-state index contributed by atoms with van der Waals surface area (Å²) < 4.78 is 8.32. The van der Waals surface area contributed by atoms with Crippen molar-refractivity contribution in [1.29, 1.82) is 0 Å². The van der Waals surface area contributed by atoms with Crippen molar-refractivity contribution in [3.05, 3.63) is 82.6 Å². The summed E-state index contributed by atoms with van der Waals surface area (Å²) >= 11 is 0. The Kier molecular flexibility index (Phi) is 20.3.